The van der Waals surface area contributed by atoms with E-state index in [4.69, 9.17) is 5.26 Å². The largest absolute Gasteiger partial charge is 0.345 e. The first-order valence-corrected chi connectivity index (χ1v) is 7.76. The topological polar surface area (TPSA) is 46.5 Å². The van der Waals surface area contributed by atoms with Crippen LogP contribution in [0.3, 0.4) is 0 Å². The number of hydrogen-bond acceptors (Lipinski definition) is 3. The van der Waals surface area contributed by atoms with Gasteiger partial charge in [-0.05, 0) is 29.1 Å². The van der Waals surface area contributed by atoms with Gasteiger partial charge in [-0.2, -0.15) is 5.26 Å². The zero-order valence-corrected chi connectivity index (χ0v) is 14.7. The molecule has 0 amide bonds. The molecule has 120 valence electrons. The standard InChI is InChI=1S/C17H34O3/c1-9-10-11-13(14(18)20-19)12-17(8,15(2,3)4)16(5,6)7/h13,19H,9-12H2,1-8H3. The number of carbonyl (C=O) groups is 1. The summed E-state index contributed by atoms with van der Waals surface area (Å²) in [5, 5.41) is 8.76. The lowest BCUT2D eigenvalue weighted by molar-refractivity contribution is -0.241. The van der Waals surface area contributed by atoms with E-state index < -0.39 is 5.97 Å². The molecule has 0 radical (unpaired) electrons. The predicted molar refractivity (Wildman–Crippen MR) is 83.4 cm³/mol. The van der Waals surface area contributed by atoms with E-state index >= 15 is 0 Å². The van der Waals surface area contributed by atoms with E-state index in [0.717, 1.165) is 25.7 Å². The Morgan fingerprint density at radius 3 is 1.80 bits per heavy atom. The molecule has 1 atom stereocenters. The maximum atomic E-state index is 11.9. The third-order valence-electron chi connectivity index (χ3n) is 5.29. The highest BCUT2D eigenvalue weighted by Crippen LogP contribution is 2.55. The van der Waals surface area contributed by atoms with Gasteiger partial charge in [0.15, 0.2) is 0 Å². The first kappa shape index (κ1) is 19.4. The predicted octanol–water partition coefficient (Wildman–Crippen LogP) is 5.30. The van der Waals surface area contributed by atoms with Crippen LogP contribution in [0.4, 0.5) is 0 Å². The third kappa shape index (κ3) is 4.47. The summed E-state index contributed by atoms with van der Waals surface area (Å²) in [4.78, 5) is 15.9. The Bertz CT molecular complexity index is 293. The summed E-state index contributed by atoms with van der Waals surface area (Å²) in [6.45, 7) is 17.7. The van der Waals surface area contributed by atoms with Gasteiger partial charge in [0.25, 0.3) is 0 Å². The molecule has 1 N–H and O–H groups in total. The van der Waals surface area contributed by atoms with Crippen molar-refractivity contribution in [2.75, 3.05) is 0 Å². The van der Waals surface area contributed by atoms with Crippen LogP contribution < -0.4 is 0 Å². The zero-order chi connectivity index (χ0) is 16.2. The van der Waals surface area contributed by atoms with Gasteiger partial charge >= 0.3 is 5.97 Å². The number of carbonyl (C=O) groups excluding carboxylic acids is 1. The van der Waals surface area contributed by atoms with Crippen LogP contribution in [-0.2, 0) is 9.68 Å². The van der Waals surface area contributed by atoms with Crippen molar-refractivity contribution in [3.05, 3.63) is 0 Å². The van der Waals surface area contributed by atoms with Crippen LogP contribution in [-0.4, -0.2) is 11.2 Å². The fourth-order valence-electron chi connectivity index (χ4n) is 3.06. The van der Waals surface area contributed by atoms with E-state index in [-0.39, 0.29) is 22.2 Å². The Morgan fingerprint density at radius 2 is 1.50 bits per heavy atom. The average molecular weight is 286 g/mol. The van der Waals surface area contributed by atoms with E-state index in [1.54, 1.807) is 0 Å². The van der Waals surface area contributed by atoms with Crippen molar-refractivity contribution in [3.63, 3.8) is 0 Å². The van der Waals surface area contributed by atoms with Crippen molar-refractivity contribution < 1.29 is 14.9 Å². The van der Waals surface area contributed by atoms with E-state index in [1.807, 2.05) is 0 Å². The van der Waals surface area contributed by atoms with Crippen LogP contribution in [0.25, 0.3) is 0 Å². The Kier molecular flexibility index (Phi) is 6.73. The Morgan fingerprint density at radius 1 is 1.05 bits per heavy atom. The van der Waals surface area contributed by atoms with Gasteiger partial charge < -0.3 is 4.89 Å². The Labute approximate surface area is 125 Å². The van der Waals surface area contributed by atoms with Crippen LogP contribution in [0.2, 0.25) is 0 Å². The monoisotopic (exact) mass is 286 g/mol. The van der Waals surface area contributed by atoms with Crippen LogP contribution >= 0.6 is 0 Å². The summed E-state index contributed by atoms with van der Waals surface area (Å²) >= 11 is 0. The molecule has 0 spiro atoms. The quantitative estimate of drug-likeness (QED) is 0.532. The molecule has 0 bridgehead atoms. The summed E-state index contributed by atoms with van der Waals surface area (Å²) in [7, 11) is 0. The SMILES string of the molecule is CCCCC(CC(C)(C(C)(C)C)C(C)(C)C)C(=O)OO. The minimum Gasteiger partial charge on any atom is -0.301 e. The molecule has 0 aromatic carbocycles. The molecule has 0 aromatic rings. The van der Waals surface area contributed by atoms with Crippen LogP contribution in [0.15, 0.2) is 0 Å². The molecular weight excluding hydrogens is 252 g/mol. The summed E-state index contributed by atoms with van der Waals surface area (Å²) in [6, 6.07) is 0. The van der Waals surface area contributed by atoms with E-state index in [9.17, 15) is 4.79 Å². The maximum absolute atomic E-state index is 11.9. The average Bonchev–Trinajstić information content (AvgIpc) is 2.30. The highest BCUT2D eigenvalue weighted by atomic mass is 17.1. The lowest BCUT2D eigenvalue weighted by Gasteiger charge is -2.52. The summed E-state index contributed by atoms with van der Waals surface area (Å²) < 4.78 is 0. The van der Waals surface area contributed by atoms with Crippen molar-refractivity contribution in [1.29, 1.82) is 0 Å². The van der Waals surface area contributed by atoms with Gasteiger partial charge in [0.05, 0.1) is 5.92 Å². The highest BCUT2D eigenvalue weighted by molar-refractivity contribution is 5.71. The molecule has 20 heavy (non-hydrogen) atoms. The smallest absolute Gasteiger partial charge is 0.301 e. The lowest BCUT2D eigenvalue weighted by atomic mass is 9.52. The minimum atomic E-state index is -0.488. The van der Waals surface area contributed by atoms with Crippen LogP contribution in [0.1, 0.15) is 81.1 Å². The highest BCUT2D eigenvalue weighted by Gasteiger charge is 2.48. The molecule has 0 aliphatic carbocycles. The van der Waals surface area contributed by atoms with Crippen molar-refractivity contribution in [1.82, 2.24) is 0 Å². The molecule has 0 aromatic heterocycles. The maximum Gasteiger partial charge on any atom is 0.345 e. The second-order valence-corrected chi connectivity index (χ2v) is 8.29. The number of unbranched alkanes of at least 4 members (excludes halogenated alkanes) is 1. The summed E-state index contributed by atoms with van der Waals surface area (Å²) in [5.74, 6) is -0.721. The van der Waals surface area contributed by atoms with E-state index in [0.29, 0.717) is 0 Å². The molecule has 0 aliphatic rings. The fourth-order valence-corrected chi connectivity index (χ4v) is 3.06. The van der Waals surface area contributed by atoms with Crippen molar-refractivity contribution in [2.45, 2.75) is 81.1 Å². The van der Waals surface area contributed by atoms with Gasteiger partial charge in [0, 0.05) is 0 Å². The van der Waals surface area contributed by atoms with Gasteiger partial charge in [0.1, 0.15) is 0 Å². The molecule has 3 heteroatoms. The summed E-state index contributed by atoms with van der Waals surface area (Å²) in [5.41, 5.74) is 0.0868. The second-order valence-electron chi connectivity index (χ2n) is 8.29. The number of hydrogen-bond donors (Lipinski definition) is 1. The first-order valence-electron chi connectivity index (χ1n) is 7.76. The molecule has 3 nitrogen and oxygen atoms in total. The van der Waals surface area contributed by atoms with Gasteiger partial charge in [-0.1, -0.05) is 68.2 Å². The lowest BCUT2D eigenvalue weighted by Crippen LogP contribution is -2.46. The molecule has 0 saturated carbocycles. The molecule has 0 fully saturated rings. The molecular formula is C17H34O3. The molecule has 0 saturated heterocycles. The third-order valence-corrected chi connectivity index (χ3v) is 5.29. The Hall–Kier alpha value is -0.570. The van der Waals surface area contributed by atoms with Crippen molar-refractivity contribution >= 4 is 5.97 Å². The number of rotatable bonds is 6. The summed E-state index contributed by atoms with van der Waals surface area (Å²) in [6.07, 6.45) is 3.53. The van der Waals surface area contributed by atoms with Gasteiger partial charge in [-0.3, -0.25) is 0 Å². The van der Waals surface area contributed by atoms with E-state index in [1.165, 1.54) is 0 Å². The van der Waals surface area contributed by atoms with Crippen molar-refractivity contribution in [3.8, 4) is 0 Å². The molecule has 0 rings (SSSR count). The van der Waals surface area contributed by atoms with Crippen LogP contribution in [0, 0.1) is 22.2 Å². The van der Waals surface area contributed by atoms with Gasteiger partial charge in [-0.15, -0.1) is 0 Å². The normalized spacial score (nSPS) is 15.1. The fraction of sp³-hybridized carbons (Fsp3) is 0.941. The molecule has 1 unspecified atom stereocenters. The van der Waals surface area contributed by atoms with Crippen molar-refractivity contribution in [2.24, 2.45) is 22.2 Å². The second kappa shape index (κ2) is 6.93. The molecule has 0 heterocycles. The van der Waals surface area contributed by atoms with Gasteiger partial charge in [-0.25, -0.2) is 4.79 Å². The Balaban J connectivity index is 5.35. The molecule has 0 aliphatic heterocycles. The van der Waals surface area contributed by atoms with E-state index in [2.05, 4.69) is 60.3 Å². The van der Waals surface area contributed by atoms with Gasteiger partial charge in [0.2, 0.25) is 0 Å². The first-order chi connectivity index (χ1) is 8.90. The zero-order valence-electron chi connectivity index (χ0n) is 14.7. The minimum absolute atomic E-state index is 0.0351. The van der Waals surface area contributed by atoms with Crippen LogP contribution in [0.5, 0.6) is 0 Å².